The van der Waals surface area contributed by atoms with E-state index in [1.807, 2.05) is 28.0 Å². The summed E-state index contributed by atoms with van der Waals surface area (Å²) in [6.45, 7) is 2.72. The summed E-state index contributed by atoms with van der Waals surface area (Å²) in [5.74, 6) is 0.142. The lowest BCUT2D eigenvalue weighted by molar-refractivity contribution is -0.130. The number of nitrogens with zero attached hydrogens (tertiary/aromatic N) is 2. The van der Waals surface area contributed by atoms with Crippen molar-refractivity contribution in [2.75, 3.05) is 11.4 Å². The first-order valence-corrected chi connectivity index (χ1v) is 8.85. The molecule has 1 aromatic rings. The predicted octanol–water partition coefficient (Wildman–Crippen LogP) is 2.76. The molecule has 2 atom stereocenters. The van der Waals surface area contributed by atoms with Crippen LogP contribution in [0, 0.1) is 5.92 Å². The number of para-hydroxylation sites is 1. The molecule has 0 unspecified atom stereocenters. The Bertz CT molecular complexity index is 636. The monoisotopic (exact) mass is 312 g/mol. The van der Waals surface area contributed by atoms with E-state index in [2.05, 4.69) is 13.0 Å². The smallest absolute Gasteiger partial charge is 0.232 e. The topological polar surface area (TPSA) is 40.6 Å². The third-order valence-electron chi connectivity index (χ3n) is 5.72. The molecule has 1 saturated heterocycles. The molecule has 0 N–H and O–H groups in total. The number of benzene rings is 1. The molecule has 0 spiro atoms. The molecule has 2 heterocycles. The molecule has 2 aliphatic heterocycles. The van der Waals surface area contributed by atoms with Crippen LogP contribution in [0.1, 0.15) is 44.6 Å². The van der Waals surface area contributed by atoms with Gasteiger partial charge in [-0.25, -0.2) is 0 Å². The van der Waals surface area contributed by atoms with E-state index in [-0.39, 0.29) is 23.8 Å². The van der Waals surface area contributed by atoms with Gasteiger partial charge in [-0.1, -0.05) is 31.0 Å². The summed E-state index contributed by atoms with van der Waals surface area (Å²) >= 11 is 0. The highest BCUT2D eigenvalue weighted by atomic mass is 16.2. The van der Waals surface area contributed by atoms with Gasteiger partial charge in [0.2, 0.25) is 11.8 Å². The fourth-order valence-electron chi connectivity index (χ4n) is 4.56. The van der Waals surface area contributed by atoms with Crippen LogP contribution in [-0.2, 0) is 16.0 Å². The lowest BCUT2D eigenvalue weighted by atomic mass is 10.1. The lowest BCUT2D eigenvalue weighted by Gasteiger charge is -2.27. The van der Waals surface area contributed by atoms with Gasteiger partial charge in [0.15, 0.2) is 0 Å². The zero-order chi connectivity index (χ0) is 16.0. The van der Waals surface area contributed by atoms with Crippen molar-refractivity contribution < 1.29 is 9.59 Å². The molecule has 0 aromatic heterocycles. The molecule has 1 aromatic carbocycles. The first kappa shape index (κ1) is 14.7. The Balaban J connectivity index is 1.53. The second-order valence-electron chi connectivity index (χ2n) is 7.28. The molecule has 122 valence electrons. The second kappa shape index (κ2) is 5.66. The molecule has 4 nitrogen and oxygen atoms in total. The third-order valence-corrected chi connectivity index (χ3v) is 5.72. The van der Waals surface area contributed by atoms with E-state index in [1.54, 1.807) is 0 Å². The van der Waals surface area contributed by atoms with Crippen molar-refractivity contribution in [3.63, 3.8) is 0 Å². The zero-order valence-electron chi connectivity index (χ0n) is 13.7. The molecule has 4 heteroatoms. The SMILES string of the molecule is C[C@H]1Cc2ccccc2N1C(=O)[C@@H]1CC(=O)N(C2CCCC2)C1. The van der Waals surface area contributed by atoms with Crippen molar-refractivity contribution in [1.29, 1.82) is 0 Å². The average Bonchev–Trinajstić information content (AvgIpc) is 3.23. The molecule has 2 fully saturated rings. The Kier molecular flexibility index (Phi) is 3.63. The predicted molar refractivity (Wildman–Crippen MR) is 89.2 cm³/mol. The van der Waals surface area contributed by atoms with Crippen molar-refractivity contribution in [3.8, 4) is 0 Å². The summed E-state index contributed by atoms with van der Waals surface area (Å²) in [4.78, 5) is 29.4. The molecule has 1 aliphatic carbocycles. The number of rotatable bonds is 2. The van der Waals surface area contributed by atoms with Gasteiger partial charge in [-0.05, 0) is 37.8 Å². The zero-order valence-corrected chi connectivity index (χ0v) is 13.7. The maximum absolute atomic E-state index is 13.1. The number of hydrogen-bond donors (Lipinski definition) is 0. The van der Waals surface area contributed by atoms with E-state index in [4.69, 9.17) is 0 Å². The highest BCUT2D eigenvalue weighted by Gasteiger charge is 2.42. The number of anilines is 1. The highest BCUT2D eigenvalue weighted by Crippen LogP contribution is 2.36. The van der Waals surface area contributed by atoms with Gasteiger partial charge in [-0.15, -0.1) is 0 Å². The first-order chi connectivity index (χ1) is 11.1. The molecule has 0 bridgehead atoms. The normalized spacial score (nSPS) is 27.8. The van der Waals surface area contributed by atoms with E-state index in [0.717, 1.165) is 24.9 Å². The van der Waals surface area contributed by atoms with Crippen LogP contribution in [-0.4, -0.2) is 35.3 Å². The summed E-state index contributed by atoms with van der Waals surface area (Å²) in [7, 11) is 0. The third kappa shape index (κ3) is 2.44. The molecule has 2 amide bonds. The van der Waals surface area contributed by atoms with Gasteiger partial charge >= 0.3 is 0 Å². The van der Waals surface area contributed by atoms with Gasteiger partial charge in [0, 0.05) is 30.7 Å². The number of amides is 2. The lowest BCUT2D eigenvalue weighted by Crippen LogP contribution is -2.41. The van der Waals surface area contributed by atoms with E-state index >= 15 is 0 Å². The standard InChI is InChI=1S/C19H24N2O2/c1-13-10-14-6-2-5-9-17(14)21(13)19(23)15-11-18(22)20(12-15)16-7-3-4-8-16/h2,5-6,9,13,15-16H,3-4,7-8,10-12H2,1H3/t13-,15+/m0/s1. The van der Waals surface area contributed by atoms with Crippen LogP contribution in [0.15, 0.2) is 24.3 Å². The highest BCUT2D eigenvalue weighted by molar-refractivity contribution is 6.01. The fourth-order valence-corrected chi connectivity index (χ4v) is 4.56. The quantitative estimate of drug-likeness (QED) is 0.842. The summed E-state index contributed by atoms with van der Waals surface area (Å²) < 4.78 is 0. The number of hydrogen-bond acceptors (Lipinski definition) is 2. The number of carbonyl (C=O) groups excluding carboxylic acids is 2. The molecular weight excluding hydrogens is 288 g/mol. The van der Waals surface area contributed by atoms with Crippen LogP contribution in [0.2, 0.25) is 0 Å². The van der Waals surface area contributed by atoms with Crippen LogP contribution in [0.3, 0.4) is 0 Å². The summed E-state index contributed by atoms with van der Waals surface area (Å²) in [5, 5.41) is 0. The molecular formula is C19H24N2O2. The van der Waals surface area contributed by atoms with Gasteiger partial charge in [0.25, 0.3) is 0 Å². The molecule has 4 rings (SSSR count). The minimum Gasteiger partial charge on any atom is -0.339 e. The Morgan fingerprint density at radius 3 is 2.65 bits per heavy atom. The number of likely N-dealkylation sites (tertiary alicyclic amines) is 1. The van der Waals surface area contributed by atoms with Crippen molar-refractivity contribution in [3.05, 3.63) is 29.8 Å². The largest absolute Gasteiger partial charge is 0.339 e. The van der Waals surface area contributed by atoms with Gasteiger partial charge < -0.3 is 9.80 Å². The fraction of sp³-hybridized carbons (Fsp3) is 0.579. The summed E-state index contributed by atoms with van der Waals surface area (Å²) in [5.41, 5.74) is 2.28. The van der Waals surface area contributed by atoms with E-state index in [1.165, 1.54) is 18.4 Å². The minimum absolute atomic E-state index is 0.135. The maximum Gasteiger partial charge on any atom is 0.232 e. The van der Waals surface area contributed by atoms with Crippen LogP contribution >= 0.6 is 0 Å². The molecule has 23 heavy (non-hydrogen) atoms. The number of fused-ring (bicyclic) bond motifs is 1. The Hall–Kier alpha value is -1.84. The van der Waals surface area contributed by atoms with Crippen molar-refractivity contribution in [1.82, 2.24) is 4.90 Å². The van der Waals surface area contributed by atoms with Gasteiger partial charge in [0.1, 0.15) is 0 Å². The maximum atomic E-state index is 13.1. The molecule has 1 saturated carbocycles. The minimum atomic E-state index is -0.170. The van der Waals surface area contributed by atoms with Crippen molar-refractivity contribution >= 4 is 17.5 Å². The van der Waals surface area contributed by atoms with E-state index < -0.39 is 0 Å². The van der Waals surface area contributed by atoms with Crippen molar-refractivity contribution in [2.24, 2.45) is 5.92 Å². The Morgan fingerprint density at radius 1 is 1.13 bits per heavy atom. The number of carbonyl (C=O) groups is 2. The van der Waals surface area contributed by atoms with Crippen molar-refractivity contribution in [2.45, 2.75) is 57.5 Å². The van der Waals surface area contributed by atoms with E-state index in [0.29, 0.717) is 19.0 Å². The van der Waals surface area contributed by atoms with Crippen LogP contribution < -0.4 is 4.90 Å². The van der Waals surface area contributed by atoms with Gasteiger partial charge in [0.05, 0.1) is 5.92 Å². The van der Waals surface area contributed by atoms with Crippen LogP contribution in [0.5, 0.6) is 0 Å². The van der Waals surface area contributed by atoms with Gasteiger partial charge in [-0.3, -0.25) is 9.59 Å². The van der Waals surface area contributed by atoms with Gasteiger partial charge in [-0.2, -0.15) is 0 Å². The summed E-state index contributed by atoms with van der Waals surface area (Å²) in [6, 6.07) is 8.72. The van der Waals surface area contributed by atoms with Crippen LogP contribution in [0.25, 0.3) is 0 Å². The average molecular weight is 312 g/mol. The first-order valence-electron chi connectivity index (χ1n) is 8.85. The Labute approximate surface area is 137 Å². The Morgan fingerprint density at radius 2 is 1.87 bits per heavy atom. The van der Waals surface area contributed by atoms with Crippen LogP contribution in [0.4, 0.5) is 5.69 Å². The molecule has 3 aliphatic rings. The second-order valence-corrected chi connectivity index (χ2v) is 7.28. The summed E-state index contributed by atoms with van der Waals surface area (Å²) in [6.07, 6.45) is 5.94. The van der Waals surface area contributed by atoms with E-state index in [9.17, 15) is 9.59 Å². The molecule has 0 radical (unpaired) electrons.